The Morgan fingerprint density at radius 2 is 1.61 bits per heavy atom. The standard InChI is InChI=1S/C25H34N2O4/c1-3-4-5-6-7-8-9-10-17-31-22-13-11-20(12-14-22)25(29)27-26-19-21-18-23(30-2)15-16-24(21)28/h11-16,18-19,28H,3-10,17H2,1-2H3,(H,27,29)/b26-19+. The fraction of sp³-hybridized carbons (Fsp3) is 0.440. The third-order valence-corrected chi connectivity index (χ3v) is 4.99. The fourth-order valence-electron chi connectivity index (χ4n) is 3.12. The lowest BCUT2D eigenvalue weighted by atomic mass is 10.1. The first-order chi connectivity index (χ1) is 15.1. The summed E-state index contributed by atoms with van der Waals surface area (Å²) in [5.41, 5.74) is 3.38. The highest BCUT2D eigenvalue weighted by Crippen LogP contribution is 2.21. The first kappa shape index (κ1) is 24.3. The van der Waals surface area contributed by atoms with E-state index in [0.717, 1.165) is 12.2 Å². The van der Waals surface area contributed by atoms with Crippen LogP contribution in [0.1, 0.15) is 74.2 Å². The van der Waals surface area contributed by atoms with Crippen LogP contribution in [0.4, 0.5) is 0 Å². The Morgan fingerprint density at radius 3 is 2.29 bits per heavy atom. The molecule has 6 heteroatoms. The Labute approximate surface area is 185 Å². The number of rotatable bonds is 14. The van der Waals surface area contributed by atoms with Gasteiger partial charge in [0.15, 0.2) is 0 Å². The Balaban J connectivity index is 1.69. The highest BCUT2D eigenvalue weighted by atomic mass is 16.5. The molecule has 2 N–H and O–H groups in total. The molecule has 1 amide bonds. The van der Waals surface area contributed by atoms with E-state index in [1.54, 1.807) is 36.4 Å². The van der Waals surface area contributed by atoms with Crippen LogP contribution < -0.4 is 14.9 Å². The number of phenols is 1. The van der Waals surface area contributed by atoms with Gasteiger partial charge in [-0.25, -0.2) is 5.43 Å². The van der Waals surface area contributed by atoms with E-state index in [4.69, 9.17) is 9.47 Å². The molecule has 6 nitrogen and oxygen atoms in total. The van der Waals surface area contributed by atoms with Crippen molar-refractivity contribution in [3.8, 4) is 17.2 Å². The van der Waals surface area contributed by atoms with Gasteiger partial charge in [-0.15, -0.1) is 0 Å². The summed E-state index contributed by atoms with van der Waals surface area (Å²) in [6.45, 7) is 2.93. The maximum Gasteiger partial charge on any atom is 0.271 e. The average Bonchev–Trinajstić information content (AvgIpc) is 2.79. The third kappa shape index (κ3) is 9.11. The SMILES string of the molecule is CCCCCCCCCCOc1ccc(C(=O)N/N=C/c2cc(OC)ccc2O)cc1. The molecule has 0 unspecified atom stereocenters. The van der Waals surface area contributed by atoms with Crippen LogP contribution in [0.25, 0.3) is 0 Å². The van der Waals surface area contributed by atoms with Crippen molar-refractivity contribution in [3.05, 3.63) is 53.6 Å². The predicted molar refractivity (Wildman–Crippen MR) is 124 cm³/mol. The Kier molecular flexibility index (Phi) is 11.0. The monoisotopic (exact) mass is 426 g/mol. The lowest BCUT2D eigenvalue weighted by molar-refractivity contribution is 0.0955. The molecule has 0 heterocycles. The number of nitrogens with zero attached hydrogens (tertiary/aromatic N) is 1. The smallest absolute Gasteiger partial charge is 0.271 e. The molecule has 0 saturated carbocycles. The minimum atomic E-state index is -0.340. The molecule has 2 aromatic carbocycles. The van der Waals surface area contributed by atoms with E-state index in [1.807, 2.05) is 0 Å². The summed E-state index contributed by atoms with van der Waals surface area (Å²) >= 11 is 0. The minimum Gasteiger partial charge on any atom is -0.507 e. The van der Waals surface area contributed by atoms with E-state index in [-0.39, 0.29) is 11.7 Å². The van der Waals surface area contributed by atoms with Gasteiger partial charge < -0.3 is 14.6 Å². The molecule has 2 aromatic rings. The first-order valence-electron chi connectivity index (χ1n) is 11.1. The van der Waals surface area contributed by atoms with Crippen LogP contribution in [0.3, 0.4) is 0 Å². The Bertz CT molecular complexity index is 819. The molecular formula is C25H34N2O4. The van der Waals surface area contributed by atoms with E-state index in [2.05, 4.69) is 17.5 Å². The van der Waals surface area contributed by atoms with Crippen LogP contribution in [-0.2, 0) is 0 Å². The fourth-order valence-corrected chi connectivity index (χ4v) is 3.12. The Hall–Kier alpha value is -3.02. The van der Waals surface area contributed by atoms with Gasteiger partial charge in [-0.2, -0.15) is 5.10 Å². The summed E-state index contributed by atoms with van der Waals surface area (Å²) in [6.07, 6.45) is 11.5. The predicted octanol–water partition coefficient (Wildman–Crippen LogP) is 5.68. The number of carbonyl (C=O) groups excluding carboxylic acids is 1. The number of amides is 1. The van der Waals surface area contributed by atoms with Crippen molar-refractivity contribution in [3.63, 3.8) is 0 Å². The zero-order valence-electron chi connectivity index (χ0n) is 18.6. The van der Waals surface area contributed by atoms with Crippen molar-refractivity contribution in [2.75, 3.05) is 13.7 Å². The van der Waals surface area contributed by atoms with Gasteiger partial charge in [0.1, 0.15) is 17.2 Å². The zero-order chi connectivity index (χ0) is 22.3. The molecule has 168 valence electrons. The van der Waals surface area contributed by atoms with E-state index < -0.39 is 0 Å². The summed E-state index contributed by atoms with van der Waals surface area (Å²) in [6, 6.07) is 11.8. The number of carbonyl (C=O) groups is 1. The number of nitrogens with one attached hydrogen (secondary N) is 1. The number of phenolic OH excluding ortho intramolecular Hbond substituents is 1. The number of unbranched alkanes of at least 4 members (excludes halogenated alkanes) is 7. The average molecular weight is 427 g/mol. The van der Waals surface area contributed by atoms with Gasteiger partial charge in [0.2, 0.25) is 0 Å². The maximum absolute atomic E-state index is 12.2. The second-order valence-corrected chi connectivity index (χ2v) is 7.47. The van der Waals surface area contributed by atoms with E-state index >= 15 is 0 Å². The Morgan fingerprint density at radius 1 is 0.968 bits per heavy atom. The van der Waals surface area contributed by atoms with Crippen molar-refractivity contribution in [1.82, 2.24) is 5.43 Å². The van der Waals surface area contributed by atoms with Gasteiger partial charge in [0.25, 0.3) is 5.91 Å². The van der Waals surface area contributed by atoms with Crippen molar-refractivity contribution in [2.24, 2.45) is 5.10 Å². The number of hydrazone groups is 1. The molecule has 0 fully saturated rings. The van der Waals surface area contributed by atoms with Crippen LogP contribution in [0.2, 0.25) is 0 Å². The van der Waals surface area contributed by atoms with E-state index in [9.17, 15) is 9.90 Å². The molecular weight excluding hydrogens is 392 g/mol. The molecule has 0 bridgehead atoms. The summed E-state index contributed by atoms with van der Waals surface area (Å²) in [7, 11) is 1.54. The first-order valence-corrected chi connectivity index (χ1v) is 11.1. The van der Waals surface area contributed by atoms with Gasteiger partial charge in [-0.1, -0.05) is 51.9 Å². The molecule has 0 atom stereocenters. The van der Waals surface area contributed by atoms with Crippen LogP contribution in [-0.4, -0.2) is 30.9 Å². The highest BCUT2D eigenvalue weighted by Gasteiger charge is 2.05. The van der Waals surface area contributed by atoms with E-state index in [1.165, 1.54) is 64.3 Å². The van der Waals surface area contributed by atoms with Crippen molar-refractivity contribution < 1.29 is 19.4 Å². The molecule has 0 aromatic heterocycles. The minimum absolute atomic E-state index is 0.0526. The molecule has 0 saturated heterocycles. The number of hydrogen-bond donors (Lipinski definition) is 2. The van der Waals surface area contributed by atoms with Gasteiger partial charge in [0.05, 0.1) is 19.9 Å². The largest absolute Gasteiger partial charge is 0.507 e. The van der Waals surface area contributed by atoms with Crippen molar-refractivity contribution in [2.45, 2.75) is 58.3 Å². The van der Waals surface area contributed by atoms with Gasteiger partial charge in [-0.3, -0.25) is 4.79 Å². The van der Waals surface area contributed by atoms with E-state index in [0.29, 0.717) is 23.5 Å². The second kappa shape index (κ2) is 14.1. The lowest BCUT2D eigenvalue weighted by Crippen LogP contribution is -2.17. The second-order valence-electron chi connectivity index (χ2n) is 7.47. The highest BCUT2D eigenvalue weighted by molar-refractivity contribution is 5.95. The number of aromatic hydroxyl groups is 1. The van der Waals surface area contributed by atoms with Gasteiger partial charge >= 0.3 is 0 Å². The van der Waals surface area contributed by atoms with Crippen LogP contribution in [0, 0.1) is 0 Å². The molecule has 0 aliphatic heterocycles. The third-order valence-electron chi connectivity index (χ3n) is 4.99. The van der Waals surface area contributed by atoms with Crippen LogP contribution >= 0.6 is 0 Å². The summed E-state index contributed by atoms with van der Waals surface area (Å²) in [5.74, 6) is 1.06. The number of hydrogen-bond acceptors (Lipinski definition) is 5. The van der Waals surface area contributed by atoms with Crippen molar-refractivity contribution >= 4 is 12.1 Å². The molecule has 0 spiro atoms. The maximum atomic E-state index is 12.2. The number of ether oxygens (including phenoxy) is 2. The summed E-state index contributed by atoms with van der Waals surface area (Å²) in [5, 5.41) is 13.7. The number of methoxy groups -OCH3 is 1. The van der Waals surface area contributed by atoms with Gasteiger partial charge in [0, 0.05) is 11.1 Å². The number of benzene rings is 2. The zero-order valence-corrected chi connectivity index (χ0v) is 18.6. The normalized spacial score (nSPS) is 10.9. The molecule has 31 heavy (non-hydrogen) atoms. The molecule has 2 rings (SSSR count). The van der Waals surface area contributed by atoms with Crippen LogP contribution in [0.15, 0.2) is 47.6 Å². The van der Waals surface area contributed by atoms with Gasteiger partial charge in [-0.05, 0) is 48.9 Å². The van der Waals surface area contributed by atoms with Crippen molar-refractivity contribution in [1.29, 1.82) is 0 Å². The van der Waals surface area contributed by atoms with Crippen LogP contribution in [0.5, 0.6) is 17.2 Å². The molecule has 0 aliphatic rings. The summed E-state index contributed by atoms with van der Waals surface area (Å²) in [4.78, 5) is 12.2. The lowest BCUT2D eigenvalue weighted by Gasteiger charge is -2.07. The quantitative estimate of drug-likeness (QED) is 0.231. The molecule has 0 radical (unpaired) electrons. The topological polar surface area (TPSA) is 80.2 Å². The summed E-state index contributed by atoms with van der Waals surface area (Å²) < 4.78 is 10.9. The molecule has 0 aliphatic carbocycles.